The van der Waals surface area contributed by atoms with Gasteiger partial charge in [-0.2, -0.15) is 0 Å². The van der Waals surface area contributed by atoms with Crippen LogP contribution in [0.2, 0.25) is 0 Å². The Kier molecular flexibility index (Phi) is 9.89. The van der Waals surface area contributed by atoms with Crippen LogP contribution in [0.1, 0.15) is 54.7 Å². The lowest BCUT2D eigenvalue weighted by atomic mass is 9.89. The van der Waals surface area contributed by atoms with Gasteiger partial charge in [0.05, 0.1) is 49.5 Å². The van der Waals surface area contributed by atoms with Crippen molar-refractivity contribution >= 4 is 22.8 Å². The first-order valence-electron chi connectivity index (χ1n) is 17.0. The summed E-state index contributed by atoms with van der Waals surface area (Å²) < 4.78 is 33.1. The average molecular weight is 723 g/mol. The molecule has 0 saturated carbocycles. The Morgan fingerprint density at radius 1 is 0.849 bits per heavy atom. The van der Waals surface area contributed by atoms with Crippen LogP contribution in [-0.2, 0) is 12.8 Å². The van der Waals surface area contributed by atoms with E-state index in [0.717, 1.165) is 11.1 Å². The SMILES string of the molecule is COc1c(CC(=O)c2cc3c(cc2O)OC(C)(C)C(O)C3)ccc2c1C=CC(C)(C)O2.COc1ccc(-c2coc3c(OC)c(O)ccc3c2=O)cc1. The van der Waals surface area contributed by atoms with Gasteiger partial charge in [0.15, 0.2) is 17.1 Å². The van der Waals surface area contributed by atoms with Gasteiger partial charge < -0.3 is 43.4 Å². The van der Waals surface area contributed by atoms with E-state index < -0.39 is 17.3 Å². The molecule has 0 saturated heterocycles. The minimum Gasteiger partial charge on any atom is -0.507 e. The zero-order chi connectivity index (χ0) is 38.2. The molecule has 1 atom stereocenters. The van der Waals surface area contributed by atoms with Crippen molar-refractivity contribution in [3.63, 3.8) is 0 Å². The summed E-state index contributed by atoms with van der Waals surface area (Å²) in [6.45, 7) is 7.52. The summed E-state index contributed by atoms with van der Waals surface area (Å²) in [6.07, 6.45) is 4.96. The van der Waals surface area contributed by atoms with E-state index in [0.29, 0.717) is 51.5 Å². The Hall–Kier alpha value is -5.94. The van der Waals surface area contributed by atoms with E-state index in [4.69, 9.17) is 28.1 Å². The molecule has 4 aromatic carbocycles. The van der Waals surface area contributed by atoms with Gasteiger partial charge in [-0.15, -0.1) is 0 Å². The molecular weight excluding hydrogens is 680 g/mol. The molecule has 2 aliphatic heterocycles. The van der Waals surface area contributed by atoms with Crippen molar-refractivity contribution in [2.24, 2.45) is 0 Å². The zero-order valence-corrected chi connectivity index (χ0v) is 30.6. The average Bonchev–Trinajstić information content (AvgIpc) is 3.12. The number of benzene rings is 4. The van der Waals surface area contributed by atoms with Crippen LogP contribution in [0.15, 0.2) is 82.2 Å². The summed E-state index contributed by atoms with van der Waals surface area (Å²) in [5.41, 5.74) is 2.41. The predicted molar refractivity (Wildman–Crippen MR) is 200 cm³/mol. The van der Waals surface area contributed by atoms with Gasteiger partial charge in [-0.3, -0.25) is 9.59 Å². The number of ketones is 1. The molecule has 0 spiro atoms. The fourth-order valence-corrected chi connectivity index (χ4v) is 6.35. The summed E-state index contributed by atoms with van der Waals surface area (Å²) >= 11 is 0. The van der Waals surface area contributed by atoms with Crippen LogP contribution in [-0.4, -0.2) is 59.7 Å². The third-order valence-electron chi connectivity index (χ3n) is 9.37. The molecule has 11 heteroatoms. The topological polar surface area (TPSA) is 154 Å². The lowest BCUT2D eigenvalue weighted by Gasteiger charge is -2.37. The molecule has 53 heavy (non-hydrogen) atoms. The summed E-state index contributed by atoms with van der Waals surface area (Å²) in [5, 5.41) is 30.9. The Balaban J connectivity index is 0.000000192. The molecule has 1 aromatic heterocycles. The van der Waals surface area contributed by atoms with E-state index in [1.807, 2.05) is 38.1 Å². The fraction of sp³-hybridized carbons (Fsp3) is 0.286. The monoisotopic (exact) mass is 722 g/mol. The molecule has 0 fully saturated rings. The summed E-state index contributed by atoms with van der Waals surface area (Å²) in [5.74, 6) is 2.16. The number of aromatic hydroxyl groups is 2. The minimum atomic E-state index is -0.758. The summed E-state index contributed by atoms with van der Waals surface area (Å²) in [4.78, 5) is 25.7. The van der Waals surface area contributed by atoms with Crippen molar-refractivity contribution in [3.8, 4) is 51.4 Å². The summed E-state index contributed by atoms with van der Waals surface area (Å²) in [6, 6.07) is 16.8. The molecule has 0 bridgehead atoms. The van der Waals surface area contributed by atoms with Crippen LogP contribution in [0.4, 0.5) is 0 Å². The van der Waals surface area contributed by atoms with Crippen molar-refractivity contribution in [2.75, 3.05) is 21.3 Å². The Bertz CT molecular complexity index is 2280. The normalized spacial score (nSPS) is 16.2. The van der Waals surface area contributed by atoms with Gasteiger partial charge in [0.2, 0.25) is 11.2 Å². The van der Waals surface area contributed by atoms with Gasteiger partial charge in [-0.05, 0) is 87.4 Å². The minimum absolute atomic E-state index is 0.0505. The van der Waals surface area contributed by atoms with Crippen molar-refractivity contribution in [2.45, 2.75) is 57.8 Å². The number of aliphatic hydroxyl groups is 1. The number of rotatable bonds is 7. The molecule has 3 N–H and O–H groups in total. The predicted octanol–water partition coefficient (Wildman–Crippen LogP) is 7.27. The second-order valence-electron chi connectivity index (χ2n) is 13.9. The molecule has 0 aliphatic carbocycles. The zero-order valence-electron chi connectivity index (χ0n) is 30.6. The lowest BCUT2D eigenvalue weighted by Crippen LogP contribution is -2.46. The van der Waals surface area contributed by atoms with Gasteiger partial charge in [0.25, 0.3) is 0 Å². The highest BCUT2D eigenvalue weighted by molar-refractivity contribution is 6.01. The maximum Gasteiger partial charge on any atom is 0.204 e. The third kappa shape index (κ3) is 7.25. The number of ether oxygens (including phenoxy) is 5. The van der Waals surface area contributed by atoms with Crippen LogP contribution >= 0.6 is 0 Å². The molecule has 1 unspecified atom stereocenters. The first-order chi connectivity index (χ1) is 25.2. The molecule has 276 valence electrons. The number of phenolic OH excluding ortho intramolecular Hbond substituents is 2. The number of Topliss-reactive ketones (excluding diaryl/α,β-unsaturated/α-hetero) is 1. The quantitative estimate of drug-likeness (QED) is 0.145. The maximum atomic E-state index is 13.1. The number of hydrogen-bond donors (Lipinski definition) is 3. The largest absolute Gasteiger partial charge is 0.507 e. The van der Waals surface area contributed by atoms with E-state index in [2.05, 4.69) is 0 Å². The smallest absolute Gasteiger partial charge is 0.204 e. The number of hydrogen-bond acceptors (Lipinski definition) is 11. The molecule has 3 heterocycles. The van der Waals surface area contributed by atoms with Gasteiger partial charge in [-0.25, -0.2) is 0 Å². The second kappa shape index (κ2) is 14.2. The maximum absolute atomic E-state index is 13.1. The number of aliphatic hydroxyl groups excluding tert-OH is 1. The molecule has 0 amide bonds. The molecule has 7 rings (SSSR count). The first kappa shape index (κ1) is 36.8. The molecular formula is C42H42O11. The number of methoxy groups -OCH3 is 3. The van der Waals surface area contributed by atoms with Crippen LogP contribution in [0.25, 0.3) is 28.2 Å². The highest BCUT2D eigenvalue weighted by Crippen LogP contribution is 2.41. The highest BCUT2D eigenvalue weighted by atomic mass is 16.5. The Morgan fingerprint density at radius 2 is 1.57 bits per heavy atom. The van der Waals surface area contributed by atoms with Gasteiger partial charge in [-0.1, -0.05) is 18.2 Å². The number of carbonyl (C=O) groups excluding carboxylic acids is 1. The van der Waals surface area contributed by atoms with Crippen molar-refractivity contribution in [1.82, 2.24) is 0 Å². The molecule has 2 aliphatic rings. The second-order valence-corrected chi connectivity index (χ2v) is 13.9. The van der Waals surface area contributed by atoms with E-state index >= 15 is 0 Å². The van der Waals surface area contributed by atoms with Crippen LogP contribution in [0.3, 0.4) is 0 Å². The van der Waals surface area contributed by atoms with Crippen molar-refractivity contribution in [3.05, 3.63) is 105 Å². The van der Waals surface area contributed by atoms with E-state index in [1.165, 1.54) is 31.6 Å². The molecule has 5 aromatic rings. The van der Waals surface area contributed by atoms with Crippen molar-refractivity contribution < 1.29 is 48.2 Å². The first-order valence-corrected chi connectivity index (χ1v) is 17.0. The molecule has 11 nitrogen and oxygen atoms in total. The van der Waals surface area contributed by atoms with Crippen LogP contribution < -0.4 is 29.1 Å². The van der Waals surface area contributed by atoms with E-state index in [9.17, 15) is 24.9 Å². The Labute approximate surface area is 306 Å². The van der Waals surface area contributed by atoms with Gasteiger partial charge in [0.1, 0.15) is 46.2 Å². The number of fused-ring (bicyclic) bond motifs is 3. The van der Waals surface area contributed by atoms with Gasteiger partial charge >= 0.3 is 0 Å². The van der Waals surface area contributed by atoms with Crippen molar-refractivity contribution in [1.29, 1.82) is 0 Å². The number of phenols is 2. The van der Waals surface area contributed by atoms with E-state index in [-0.39, 0.29) is 46.0 Å². The number of carbonyl (C=O) groups is 1. The van der Waals surface area contributed by atoms with E-state index in [1.54, 1.807) is 58.4 Å². The highest BCUT2D eigenvalue weighted by Gasteiger charge is 2.36. The standard InChI is InChI=1S/C25H28O6.C17H14O5/c1-24(2)9-8-16-20(30-24)7-6-14(23(16)29-5)11-18(26)17-10-15-12-22(28)25(3,4)31-21(15)13-19(17)27;1-20-11-5-3-10(4-6-11)13-9-22-16-12(15(13)19)7-8-14(18)17(16)21-2/h6-10,13,22,27-28H,11-12H2,1-5H3;3-9,18H,1-2H3. The fourth-order valence-electron chi connectivity index (χ4n) is 6.35. The molecule has 0 radical (unpaired) electrons. The third-order valence-corrected chi connectivity index (χ3v) is 9.37. The van der Waals surface area contributed by atoms with Gasteiger partial charge in [0, 0.05) is 24.5 Å². The Morgan fingerprint density at radius 3 is 2.25 bits per heavy atom. The van der Waals surface area contributed by atoms with Crippen LogP contribution in [0.5, 0.6) is 40.2 Å². The van der Waals surface area contributed by atoms with Crippen LogP contribution in [0, 0.1) is 0 Å². The lowest BCUT2D eigenvalue weighted by molar-refractivity contribution is -0.0412. The summed E-state index contributed by atoms with van der Waals surface area (Å²) in [7, 11) is 4.55.